The van der Waals surface area contributed by atoms with Gasteiger partial charge in [0.2, 0.25) is 5.91 Å². The topological polar surface area (TPSA) is 49.4 Å². The molecule has 4 nitrogen and oxygen atoms in total. The summed E-state index contributed by atoms with van der Waals surface area (Å²) in [4.78, 5) is 26.2. The summed E-state index contributed by atoms with van der Waals surface area (Å²) in [5.74, 6) is -0.451. The highest BCUT2D eigenvalue weighted by Crippen LogP contribution is 2.24. The van der Waals surface area contributed by atoms with Gasteiger partial charge < -0.3 is 10.2 Å². The molecule has 7 heteroatoms. The monoisotopic (exact) mass is 412 g/mol. The van der Waals surface area contributed by atoms with E-state index in [9.17, 15) is 9.59 Å². The average Bonchev–Trinajstić information content (AvgIpc) is 2.90. The van der Waals surface area contributed by atoms with E-state index in [0.717, 1.165) is 8.66 Å². The molecule has 0 aliphatic heterocycles. The third-order valence-corrected chi connectivity index (χ3v) is 4.77. The number of halogens is 2. The quantitative estimate of drug-likeness (QED) is 0.749. The number of hydrogen-bond donors (Lipinski definition) is 1. The Balaban J connectivity index is 2.05. The molecular weight excluding hydrogens is 400 g/mol. The molecule has 120 valence electrons. The zero-order valence-electron chi connectivity index (χ0n) is 12.5. The Bertz CT molecular complexity index is 771. The van der Waals surface area contributed by atoms with E-state index in [1.807, 2.05) is 12.1 Å². The molecule has 1 heterocycles. The van der Waals surface area contributed by atoms with Crippen molar-refractivity contribution >= 4 is 62.4 Å². The second-order valence-corrected chi connectivity index (χ2v) is 7.76. The van der Waals surface area contributed by atoms with E-state index in [0.29, 0.717) is 16.3 Å². The van der Waals surface area contributed by atoms with Crippen LogP contribution < -0.4 is 5.32 Å². The Hall–Kier alpha value is -1.63. The van der Waals surface area contributed by atoms with Gasteiger partial charge in [0.15, 0.2) is 0 Å². The van der Waals surface area contributed by atoms with Gasteiger partial charge in [-0.2, -0.15) is 0 Å². The van der Waals surface area contributed by atoms with Crippen molar-refractivity contribution < 1.29 is 9.59 Å². The van der Waals surface area contributed by atoms with Crippen LogP contribution in [0.25, 0.3) is 6.08 Å². The highest BCUT2D eigenvalue weighted by atomic mass is 79.9. The number of amides is 2. The highest BCUT2D eigenvalue weighted by Gasteiger charge is 2.13. The minimum atomic E-state index is -0.266. The molecule has 0 spiro atoms. The first-order valence-corrected chi connectivity index (χ1v) is 8.61. The van der Waals surface area contributed by atoms with E-state index in [2.05, 4.69) is 21.2 Å². The molecule has 1 N–H and O–H groups in total. The van der Waals surface area contributed by atoms with Gasteiger partial charge in [-0.25, -0.2) is 0 Å². The minimum absolute atomic E-state index is 0.184. The van der Waals surface area contributed by atoms with Gasteiger partial charge in [-0.1, -0.05) is 11.6 Å². The molecule has 0 saturated heterocycles. The van der Waals surface area contributed by atoms with Crippen molar-refractivity contribution in [2.45, 2.75) is 0 Å². The standard InChI is InChI=1S/C16H14BrClN2O2S/c1-20(2)16(22)12-6-3-10(9-13(12)18)19-15(21)8-5-11-4-7-14(17)23-11/h3-9H,1-2H3,(H,19,21)/b8-5+. The molecule has 0 bridgehead atoms. The van der Waals surface area contributed by atoms with E-state index >= 15 is 0 Å². The third kappa shape index (κ3) is 4.92. The normalized spacial score (nSPS) is 10.8. The van der Waals surface area contributed by atoms with Gasteiger partial charge in [-0.3, -0.25) is 9.59 Å². The molecule has 0 aliphatic carbocycles. The number of benzene rings is 1. The second kappa shape index (κ2) is 7.77. The number of anilines is 1. The van der Waals surface area contributed by atoms with Crippen molar-refractivity contribution in [3.05, 3.63) is 55.7 Å². The van der Waals surface area contributed by atoms with Crippen LogP contribution in [0, 0.1) is 0 Å². The van der Waals surface area contributed by atoms with Crippen molar-refractivity contribution in [3.63, 3.8) is 0 Å². The molecule has 0 unspecified atom stereocenters. The molecule has 2 amide bonds. The molecule has 23 heavy (non-hydrogen) atoms. The van der Waals surface area contributed by atoms with Crippen LogP contribution in [0.5, 0.6) is 0 Å². The van der Waals surface area contributed by atoms with E-state index in [4.69, 9.17) is 11.6 Å². The maximum Gasteiger partial charge on any atom is 0.254 e. The molecule has 1 aromatic heterocycles. The predicted molar refractivity (Wildman–Crippen MR) is 99.2 cm³/mol. The molecule has 0 radical (unpaired) electrons. The first kappa shape index (κ1) is 17.7. The summed E-state index contributed by atoms with van der Waals surface area (Å²) in [7, 11) is 3.31. The fourth-order valence-corrected chi connectivity index (χ4v) is 3.35. The van der Waals surface area contributed by atoms with Gasteiger partial charge in [0.05, 0.1) is 14.4 Å². The van der Waals surface area contributed by atoms with Crippen molar-refractivity contribution in [1.29, 1.82) is 0 Å². The van der Waals surface area contributed by atoms with Crippen LogP contribution >= 0.6 is 38.9 Å². The van der Waals surface area contributed by atoms with E-state index in [1.54, 1.807) is 38.4 Å². The number of carbonyl (C=O) groups is 2. The van der Waals surface area contributed by atoms with Gasteiger partial charge in [0.25, 0.3) is 5.91 Å². The average molecular weight is 414 g/mol. The van der Waals surface area contributed by atoms with Crippen molar-refractivity contribution in [1.82, 2.24) is 4.90 Å². The Labute approximate surface area is 151 Å². The largest absolute Gasteiger partial charge is 0.345 e. The van der Waals surface area contributed by atoms with Gasteiger partial charge in [-0.15, -0.1) is 11.3 Å². The van der Waals surface area contributed by atoms with Gasteiger partial charge in [0.1, 0.15) is 0 Å². The lowest BCUT2D eigenvalue weighted by atomic mass is 10.2. The Kier molecular flexibility index (Phi) is 5.98. The summed E-state index contributed by atoms with van der Waals surface area (Å²) in [5.41, 5.74) is 0.931. The van der Waals surface area contributed by atoms with E-state index < -0.39 is 0 Å². The summed E-state index contributed by atoms with van der Waals surface area (Å²) in [5, 5.41) is 3.01. The Morgan fingerprint density at radius 2 is 2.00 bits per heavy atom. The van der Waals surface area contributed by atoms with Gasteiger partial charge in [0, 0.05) is 30.7 Å². The molecule has 0 saturated carbocycles. The Morgan fingerprint density at radius 1 is 1.26 bits per heavy atom. The SMILES string of the molecule is CN(C)C(=O)c1ccc(NC(=O)/C=C/c2ccc(Br)s2)cc1Cl. The number of nitrogens with zero attached hydrogens (tertiary/aromatic N) is 1. The second-order valence-electron chi connectivity index (χ2n) is 4.86. The smallest absolute Gasteiger partial charge is 0.254 e. The molecule has 2 rings (SSSR count). The van der Waals surface area contributed by atoms with E-state index in [-0.39, 0.29) is 11.8 Å². The lowest BCUT2D eigenvalue weighted by Gasteiger charge is -2.12. The molecule has 0 fully saturated rings. The van der Waals surface area contributed by atoms with Gasteiger partial charge >= 0.3 is 0 Å². The zero-order chi connectivity index (χ0) is 17.0. The summed E-state index contributed by atoms with van der Waals surface area (Å²) in [6.07, 6.45) is 3.18. The number of hydrogen-bond acceptors (Lipinski definition) is 3. The van der Waals surface area contributed by atoms with Crippen LogP contribution in [0.2, 0.25) is 5.02 Å². The molecule has 0 aliphatic rings. The number of carbonyl (C=O) groups excluding carboxylic acids is 2. The highest BCUT2D eigenvalue weighted by molar-refractivity contribution is 9.11. The van der Waals surface area contributed by atoms with Crippen molar-refractivity contribution in [3.8, 4) is 0 Å². The first-order chi connectivity index (χ1) is 10.9. The van der Waals surface area contributed by atoms with Crippen LogP contribution in [0.3, 0.4) is 0 Å². The number of rotatable bonds is 4. The van der Waals surface area contributed by atoms with Crippen LogP contribution in [0.1, 0.15) is 15.2 Å². The minimum Gasteiger partial charge on any atom is -0.345 e. The molecule has 0 atom stereocenters. The predicted octanol–water partition coefficient (Wildman–Crippen LogP) is 4.52. The summed E-state index contributed by atoms with van der Waals surface area (Å²) in [6.45, 7) is 0. The maximum atomic E-state index is 11.9. The van der Waals surface area contributed by atoms with Gasteiger partial charge in [-0.05, 0) is 52.3 Å². The van der Waals surface area contributed by atoms with Crippen molar-refractivity contribution in [2.24, 2.45) is 0 Å². The fourth-order valence-electron chi connectivity index (χ4n) is 1.77. The maximum absolute atomic E-state index is 11.9. The molecular formula is C16H14BrClN2O2S. The third-order valence-electron chi connectivity index (χ3n) is 2.87. The van der Waals surface area contributed by atoms with Crippen LogP contribution in [-0.2, 0) is 4.79 Å². The van der Waals surface area contributed by atoms with Crippen LogP contribution in [0.4, 0.5) is 5.69 Å². The summed E-state index contributed by atoms with van der Waals surface area (Å²) >= 11 is 11.0. The summed E-state index contributed by atoms with van der Waals surface area (Å²) < 4.78 is 1.01. The fraction of sp³-hybridized carbons (Fsp3) is 0.125. The lowest BCUT2D eigenvalue weighted by Crippen LogP contribution is -2.22. The molecule has 1 aromatic carbocycles. The first-order valence-electron chi connectivity index (χ1n) is 6.62. The van der Waals surface area contributed by atoms with Crippen molar-refractivity contribution in [2.75, 3.05) is 19.4 Å². The number of thiophene rings is 1. The number of nitrogens with one attached hydrogen (secondary N) is 1. The van der Waals surface area contributed by atoms with Crippen LogP contribution in [-0.4, -0.2) is 30.8 Å². The Morgan fingerprint density at radius 3 is 2.57 bits per heavy atom. The van der Waals surface area contributed by atoms with E-state index in [1.165, 1.54) is 22.3 Å². The summed E-state index contributed by atoms with van der Waals surface area (Å²) in [6, 6.07) is 8.64. The van der Waals surface area contributed by atoms with Crippen LogP contribution in [0.15, 0.2) is 40.2 Å². The lowest BCUT2D eigenvalue weighted by molar-refractivity contribution is -0.111. The molecule has 2 aromatic rings. The zero-order valence-corrected chi connectivity index (χ0v) is 15.6.